The highest BCUT2D eigenvalue weighted by Crippen LogP contribution is 2.42. The van der Waals surface area contributed by atoms with E-state index in [4.69, 9.17) is 28.4 Å². The summed E-state index contributed by atoms with van der Waals surface area (Å²) in [5.74, 6) is 0.0216. The lowest BCUT2D eigenvalue weighted by molar-refractivity contribution is -0.127. The van der Waals surface area contributed by atoms with Gasteiger partial charge in [0, 0.05) is 38.9 Å². The highest BCUT2D eigenvalue weighted by Gasteiger charge is 2.40. The first-order chi connectivity index (χ1) is 15.9. The third-order valence-electron chi connectivity index (χ3n) is 6.12. The summed E-state index contributed by atoms with van der Waals surface area (Å²) in [5.41, 5.74) is 2.66. The van der Waals surface area contributed by atoms with E-state index < -0.39 is 5.60 Å². The van der Waals surface area contributed by atoms with Gasteiger partial charge < -0.3 is 28.4 Å². The fraction of sp³-hybridized carbons (Fsp3) is 0.440. The van der Waals surface area contributed by atoms with Crippen molar-refractivity contribution in [2.75, 3.05) is 41.7 Å². The third-order valence-corrected chi connectivity index (χ3v) is 6.12. The van der Waals surface area contributed by atoms with Crippen LogP contribution < -0.4 is 9.47 Å². The zero-order valence-corrected chi connectivity index (χ0v) is 19.3. The number of hydrogen-bond donors (Lipinski definition) is 0. The molecule has 4 rings (SSSR count). The minimum Gasteiger partial charge on any atom is -0.467 e. The molecule has 1 atom stereocenters. The number of carbonyl (C=O) groups excluding carboxylic acids is 2. The highest BCUT2D eigenvalue weighted by atomic mass is 16.7. The SMILES string of the molecule is COCOc1ccc(OCOC)c2c1C(=O)c1ccc3c(c1C2=O)CCC(C)(OCOC)C3. The average molecular weight is 456 g/mol. The number of carbonyl (C=O) groups is 2. The maximum absolute atomic E-state index is 13.9. The summed E-state index contributed by atoms with van der Waals surface area (Å²) in [4.78, 5) is 27.5. The molecule has 2 aromatic rings. The van der Waals surface area contributed by atoms with Crippen LogP contribution in [0, 0.1) is 0 Å². The number of benzene rings is 2. The Hall–Kier alpha value is -2.78. The molecular formula is C25H28O8. The minimum atomic E-state index is -0.398. The summed E-state index contributed by atoms with van der Waals surface area (Å²) < 4.78 is 32.3. The van der Waals surface area contributed by atoms with Crippen LogP contribution >= 0.6 is 0 Å². The van der Waals surface area contributed by atoms with Crippen molar-refractivity contribution in [3.05, 3.63) is 57.6 Å². The summed E-state index contributed by atoms with van der Waals surface area (Å²) in [5, 5.41) is 0. The van der Waals surface area contributed by atoms with Crippen LogP contribution in [0.1, 0.15) is 56.3 Å². The Labute approximate surface area is 192 Å². The maximum Gasteiger partial charge on any atom is 0.198 e. The van der Waals surface area contributed by atoms with Crippen molar-refractivity contribution in [3.8, 4) is 11.5 Å². The van der Waals surface area contributed by atoms with Crippen LogP contribution in [0.3, 0.4) is 0 Å². The molecule has 0 fully saturated rings. The summed E-state index contributed by atoms with van der Waals surface area (Å²) >= 11 is 0. The molecular weight excluding hydrogens is 428 g/mol. The number of ether oxygens (including phenoxy) is 6. The minimum absolute atomic E-state index is 0.0523. The van der Waals surface area contributed by atoms with Crippen molar-refractivity contribution in [3.63, 3.8) is 0 Å². The van der Waals surface area contributed by atoms with Crippen LogP contribution in [-0.2, 0) is 31.8 Å². The molecule has 0 heterocycles. The third kappa shape index (κ3) is 4.27. The lowest BCUT2D eigenvalue weighted by Gasteiger charge is -2.36. The van der Waals surface area contributed by atoms with Gasteiger partial charge in [0.05, 0.1) is 16.7 Å². The van der Waals surface area contributed by atoms with Gasteiger partial charge in [-0.1, -0.05) is 6.07 Å². The van der Waals surface area contributed by atoms with Gasteiger partial charge >= 0.3 is 0 Å². The topological polar surface area (TPSA) is 89.5 Å². The molecule has 8 nitrogen and oxygen atoms in total. The first kappa shape index (κ1) is 23.4. The molecule has 0 aromatic heterocycles. The second kappa shape index (κ2) is 9.61. The second-order valence-electron chi connectivity index (χ2n) is 8.38. The highest BCUT2D eigenvalue weighted by molar-refractivity contribution is 6.30. The maximum atomic E-state index is 13.9. The molecule has 2 aliphatic carbocycles. The predicted molar refractivity (Wildman–Crippen MR) is 118 cm³/mol. The molecule has 8 heteroatoms. The Morgan fingerprint density at radius 3 is 2.00 bits per heavy atom. The van der Waals surface area contributed by atoms with Gasteiger partial charge in [0.25, 0.3) is 0 Å². The Kier molecular flexibility index (Phi) is 6.81. The van der Waals surface area contributed by atoms with Gasteiger partial charge in [-0.3, -0.25) is 9.59 Å². The second-order valence-corrected chi connectivity index (χ2v) is 8.38. The van der Waals surface area contributed by atoms with Gasteiger partial charge in [0.2, 0.25) is 0 Å². The zero-order chi connectivity index (χ0) is 23.6. The van der Waals surface area contributed by atoms with E-state index in [0.29, 0.717) is 30.4 Å². The monoisotopic (exact) mass is 456 g/mol. The largest absolute Gasteiger partial charge is 0.467 e. The van der Waals surface area contributed by atoms with E-state index >= 15 is 0 Å². The summed E-state index contributed by atoms with van der Waals surface area (Å²) in [6.45, 7) is 2.13. The summed E-state index contributed by atoms with van der Waals surface area (Å²) in [6.07, 6.45) is 1.94. The van der Waals surface area contributed by atoms with E-state index in [0.717, 1.165) is 11.1 Å². The number of methoxy groups -OCH3 is 3. The van der Waals surface area contributed by atoms with Crippen LogP contribution in [-0.4, -0.2) is 58.9 Å². The molecule has 0 bridgehead atoms. The zero-order valence-electron chi connectivity index (χ0n) is 19.3. The molecule has 176 valence electrons. The molecule has 0 aliphatic heterocycles. The quantitative estimate of drug-likeness (QED) is 0.453. The molecule has 2 aliphatic rings. The van der Waals surface area contributed by atoms with Crippen molar-refractivity contribution < 1.29 is 38.0 Å². The molecule has 33 heavy (non-hydrogen) atoms. The Morgan fingerprint density at radius 2 is 1.39 bits per heavy atom. The van der Waals surface area contributed by atoms with Crippen LogP contribution in [0.4, 0.5) is 0 Å². The molecule has 0 saturated heterocycles. The lowest BCUT2D eigenvalue weighted by atomic mass is 9.73. The lowest BCUT2D eigenvalue weighted by Crippen LogP contribution is -2.37. The van der Waals surface area contributed by atoms with E-state index in [1.165, 1.54) is 14.2 Å². The molecule has 0 spiro atoms. The standard InChI is InChI=1S/C25H28O8/c1-25(33-14-30-4)10-9-16-15(11-25)5-6-17-20(16)24(27)22-19(32-13-29-3)8-7-18(31-12-28-2)21(22)23(17)26/h5-8H,9-14H2,1-4H3. The van der Waals surface area contributed by atoms with Gasteiger partial charge in [0.15, 0.2) is 25.2 Å². The predicted octanol–water partition coefficient (Wildman–Crippen LogP) is 3.30. The molecule has 0 saturated carbocycles. The number of rotatable bonds is 9. The Bertz CT molecular complexity index is 1080. The van der Waals surface area contributed by atoms with Crippen molar-refractivity contribution in [1.29, 1.82) is 0 Å². The summed E-state index contributed by atoms with van der Waals surface area (Å²) in [7, 11) is 4.57. The van der Waals surface area contributed by atoms with Gasteiger partial charge in [0.1, 0.15) is 18.3 Å². The van der Waals surface area contributed by atoms with Crippen LogP contribution in [0.25, 0.3) is 0 Å². The van der Waals surface area contributed by atoms with E-state index in [1.54, 1.807) is 25.3 Å². The first-order valence-corrected chi connectivity index (χ1v) is 10.7. The molecule has 0 N–H and O–H groups in total. The van der Waals surface area contributed by atoms with Crippen molar-refractivity contribution in [1.82, 2.24) is 0 Å². The van der Waals surface area contributed by atoms with Gasteiger partial charge in [-0.15, -0.1) is 0 Å². The fourth-order valence-corrected chi connectivity index (χ4v) is 4.56. The normalized spacial score (nSPS) is 19.0. The van der Waals surface area contributed by atoms with Crippen LogP contribution in [0.5, 0.6) is 11.5 Å². The molecule has 2 aromatic carbocycles. The van der Waals surface area contributed by atoms with E-state index in [1.807, 2.05) is 13.0 Å². The van der Waals surface area contributed by atoms with Crippen molar-refractivity contribution in [2.24, 2.45) is 0 Å². The van der Waals surface area contributed by atoms with Crippen molar-refractivity contribution in [2.45, 2.75) is 31.8 Å². The average Bonchev–Trinajstić information content (AvgIpc) is 2.82. The van der Waals surface area contributed by atoms with E-state index in [2.05, 4.69) is 0 Å². The first-order valence-electron chi connectivity index (χ1n) is 10.7. The van der Waals surface area contributed by atoms with E-state index in [9.17, 15) is 9.59 Å². The van der Waals surface area contributed by atoms with Crippen molar-refractivity contribution >= 4 is 11.6 Å². The number of fused-ring (bicyclic) bond motifs is 4. The molecule has 0 radical (unpaired) electrons. The van der Waals surface area contributed by atoms with Gasteiger partial charge in [-0.05, 0) is 49.1 Å². The molecule has 0 amide bonds. The number of ketones is 2. The summed E-state index contributed by atoms with van der Waals surface area (Å²) in [6, 6.07) is 6.86. The fourth-order valence-electron chi connectivity index (χ4n) is 4.56. The molecule has 1 unspecified atom stereocenters. The van der Waals surface area contributed by atoms with Gasteiger partial charge in [-0.2, -0.15) is 0 Å². The van der Waals surface area contributed by atoms with Gasteiger partial charge in [-0.25, -0.2) is 0 Å². The smallest absolute Gasteiger partial charge is 0.198 e. The number of hydrogen-bond acceptors (Lipinski definition) is 8. The van der Waals surface area contributed by atoms with E-state index in [-0.39, 0.29) is 54.6 Å². The Balaban J connectivity index is 1.81. The van der Waals surface area contributed by atoms with Crippen LogP contribution in [0.15, 0.2) is 24.3 Å². The Morgan fingerprint density at radius 1 is 0.788 bits per heavy atom. The van der Waals surface area contributed by atoms with Crippen LogP contribution in [0.2, 0.25) is 0 Å².